The summed E-state index contributed by atoms with van der Waals surface area (Å²) in [5.74, 6) is -1.24. The van der Waals surface area contributed by atoms with E-state index >= 15 is 0 Å². The largest absolute Gasteiger partial charge is 0.507 e. The second kappa shape index (κ2) is 17.7. The number of carbonyl (C=O) groups excluding carboxylic acids is 2. The Bertz CT molecular complexity index is 1720. The molecule has 0 spiro atoms. The highest BCUT2D eigenvalue weighted by molar-refractivity contribution is 5.80. The summed E-state index contributed by atoms with van der Waals surface area (Å²) >= 11 is 0. The Morgan fingerprint density at radius 1 is 0.482 bits per heavy atom. The Balaban J connectivity index is 1.51. The molecule has 4 aromatic carbocycles. The van der Waals surface area contributed by atoms with E-state index in [9.17, 15) is 19.8 Å². The summed E-state index contributed by atoms with van der Waals surface area (Å²) in [7, 11) is 0. The lowest BCUT2D eigenvalue weighted by molar-refractivity contribution is -0.148. The fraction of sp³-hybridized carbons (Fsp3) is 0.480. The molecule has 0 bridgehead atoms. The molecule has 4 rings (SSSR count). The van der Waals surface area contributed by atoms with Gasteiger partial charge in [0.05, 0.1) is 25.0 Å². The number of hydrogen-bond donors (Lipinski definition) is 2. The van der Waals surface area contributed by atoms with E-state index in [0.717, 1.165) is 44.5 Å². The van der Waals surface area contributed by atoms with Crippen LogP contribution in [0.2, 0.25) is 0 Å². The smallest absolute Gasteiger partial charge is 0.313 e. The van der Waals surface area contributed by atoms with Crippen LogP contribution in [0.15, 0.2) is 84.9 Å². The minimum absolute atomic E-state index is 0.188. The molecule has 302 valence electrons. The maximum Gasteiger partial charge on any atom is 0.313 e. The molecule has 0 radical (unpaired) electrons. The fourth-order valence-electron chi connectivity index (χ4n) is 7.13. The van der Waals surface area contributed by atoms with Crippen LogP contribution in [0, 0.1) is 0 Å². The summed E-state index contributed by atoms with van der Waals surface area (Å²) in [6.45, 7) is 25.2. The van der Waals surface area contributed by atoms with E-state index in [2.05, 4.69) is 83.1 Å². The topological polar surface area (TPSA) is 93.1 Å². The van der Waals surface area contributed by atoms with Crippen molar-refractivity contribution in [2.45, 2.75) is 142 Å². The van der Waals surface area contributed by atoms with Crippen LogP contribution in [0.1, 0.15) is 152 Å². The van der Waals surface area contributed by atoms with E-state index < -0.39 is 11.8 Å². The van der Waals surface area contributed by atoms with Gasteiger partial charge in [-0.1, -0.05) is 168 Å². The van der Waals surface area contributed by atoms with Gasteiger partial charge in [0.2, 0.25) is 0 Å². The van der Waals surface area contributed by atoms with E-state index in [0.29, 0.717) is 25.7 Å². The first-order valence-corrected chi connectivity index (χ1v) is 20.2. The van der Waals surface area contributed by atoms with Crippen molar-refractivity contribution in [3.8, 4) is 11.5 Å². The van der Waals surface area contributed by atoms with Crippen LogP contribution in [0.3, 0.4) is 0 Å². The molecule has 0 aromatic heterocycles. The van der Waals surface area contributed by atoms with Crippen molar-refractivity contribution in [1.82, 2.24) is 0 Å². The molecular formula is C50H66O6. The molecule has 0 aliphatic rings. The molecule has 0 aliphatic carbocycles. The van der Waals surface area contributed by atoms with E-state index in [1.165, 1.54) is 0 Å². The molecule has 6 nitrogen and oxygen atoms in total. The third-order valence-electron chi connectivity index (χ3n) is 10.5. The molecule has 0 saturated heterocycles. The molecule has 6 heteroatoms. The van der Waals surface area contributed by atoms with E-state index in [-0.39, 0.29) is 58.3 Å². The Morgan fingerprint density at radius 2 is 0.750 bits per heavy atom. The number of phenols is 2. The Morgan fingerprint density at radius 3 is 1.00 bits per heavy atom. The molecule has 2 N–H and O–H groups in total. The van der Waals surface area contributed by atoms with Gasteiger partial charge in [0, 0.05) is 0 Å². The molecule has 0 aliphatic heterocycles. The summed E-state index contributed by atoms with van der Waals surface area (Å²) in [6.07, 6.45) is 1.97. The molecule has 2 atom stereocenters. The van der Waals surface area contributed by atoms with Gasteiger partial charge in [-0.05, 0) is 91.9 Å². The number of esters is 2. The first kappa shape index (κ1) is 44.1. The highest BCUT2D eigenvalue weighted by atomic mass is 16.5. The van der Waals surface area contributed by atoms with Gasteiger partial charge in [0.25, 0.3) is 0 Å². The van der Waals surface area contributed by atoms with Crippen molar-refractivity contribution in [1.29, 1.82) is 0 Å². The summed E-state index contributed by atoms with van der Waals surface area (Å²) in [5.41, 5.74) is 5.52. The van der Waals surface area contributed by atoms with Crippen LogP contribution in [0.4, 0.5) is 0 Å². The van der Waals surface area contributed by atoms with Gasteiger partial charge in [0.15, 0.2) is 0 Å². The molecule has 0 fully saturated rings. The summed E-state index contributed by atoms with van der Waals surface area (Å²) in [4.78, 5) is 27.9. The van der Waals surface area contributed by atoms with Crippen LogP contribution < -0.4 is 0 Å². The van der Waals surface area contributed by atoms with Crippen LogP contribution in [0.5, 0.6) is 11.5 Å². The van der Waals surface area contributed by atoms with Crippen LogP contribution >= 0.6 is 0 Å². The normalized spacial score (nSPS) is 13.6. The van der Waals surface area contributed by atoms with Crippen LogP contribution in [0.25, 0.3) is 0 Å². The van der Waals surface area contributed by atoms with E-state index in [1.807, 2.05) is 84.9 Å². The van der Waals surface area contributed by atoms with Crippen LogP contribution in [-0.4, -0.2) is 35.4 Å². The van der Waals surface area contributed by atoms with Crippen molar-refractivity contribution in [2.75, 3.05) is 13.2 Å². The van der Waals surface area contributed by atoms with Crippen molar-refractivity contribution in [3.05, 3.63) is 129 Å². The van der Waals surface area contributed by atoms with Crippen molar-refractivity contribution >= 4 is 11.9 Å². The molecule has 56 heavy (non-hydrogen) atoms. The number of benzene rings is 4. The monoisotopic (exact) mass is 762 g/mol. The SMILES string of the molecule is CC(C)(C)c1cc(C(Cc2ccccc2)C(=O)OCCCCOC(=O)C(Cc2ccccc2)c2cc(C(C)(C)C)c(O)c(C(C)(C)C)c2)cc(C(C)(C)C)c1O. The van der Waals surface area contributed by atoms with Gasteiger partial charge in [-0.2, -0.15) is 0 Å². The highest BCUT2D eigenvalue weighted by Crippen LogP contribution is 2.43. The Labute approximate surface area is 336 Å². The van der Waals surface area contributed by atoms with Gasteiger partial charge in [-0.15, -0.1) is 0 Å². The predicted molar refractivity (Wildman–Crippen MR) is 228 cm³/mol. The molecule has 2 unspecified atom stereocenters. The lowest BCUT2D eigenvalue weighted by Gasteiger charge is -2.29. The highest BCUT2D eigenvalue weighted by Gasteiger charge is 2.33. The zero-order chi connectivity index (χ0) is 41.6. The zero-order valence-electron chi connectivity index (χ0n) is 36.0. The number of unbranched alkanes of at least 4 members (excludes halogenated alkanes) is 1. The second-order valence-corrected chi connectivity index (χ2v) is 19.5. The summed E-state index contributed by atoms with van der Waals surface area (Å²) in [5, 5.41) is 22.7. The van der Waals surface area contributed by atoms with Gasteiger partial charge in [-0.3, -0.25) is 9.59 Å². The van der Waals surface area contributed by atoms with Gasteiger partial charge < -0.3 is 19.7 Å². The number of phenolic OH excluding ortho intramolecular Hbond substituents is 2. The maximum atomic E-state index is 13.9. The molecule has 0 amide bonds. The first-order chi connectivity index (χ1) is 26.0. The quantitative estimate of drug-likeness (QED) is 0.104. The summed E-state index contributed by atoms with van der Waals surface area (Å²) < 4.78 is 11.9. The summed E-state index contributed by atoms with van der Waals surface area (Å²) in [6, 6.07) is 27.7. The third kappa shape index (κ3) is 11.5. The number of hydrogen-bond acceptors (Lipinski definition) is 6. The molecule has 4 aromatic rings. The predicted octanol–water partition coefficient (Wildman–Crippen LogP) is 11.5. The number of rotatable bonds is 13. The van der Waals surface area contributed by atoms with Gasteiger partial charge >= 0.3 is 11.9 Å². The number of carbonyl (C=O) groups is 2. The van der Waals surface area contributed by atoms with Crippen LogP contribution in [-0.2, 0) is 53.6 Å². The molecule has 0 heterocycles. The lowest BCUT2D eigenvalue weighted by atomic mass is 9.76. The Hall–Kier alpha value is -4.58. The second-order valence-electron chi connectivity index (χ2n) is 19.5. The standard InChI is InChI=1S/C50H66O6/c1-47(2,3)39-29-35(30-40(43(39)51)48(4,5)6)37(27-33-21-15-13-16-22-33)45(53)55-25-19-20-26-56-46(54)38(28-34-23-17-14-18-24-34)36-31-41(49(7,8)9)44(52)42(32-36)50(10,11)12/h13-18,21-24,29-32,37-38,51-52H,19-20,25-28H2,1-12H3. The maximum absolute atomic E-state index is 13.9. The van der Waals surface area contributed by atoms with Crippen molar-refractivity contribution in [2.24, 2.45) is 0 Å². The molecule has 0 saturated carbocycles. The molecular weight excluding hydrogens is 697 g/mol. The first-order valence-electron chi connectivity index (χ1n) is 20.2. The minimum Gasteiger partial charge on any atom is -0.507 e. The fourth-order valence-corrected chi connectivity index (χ4v) is 7.13. The number of aromatic hydroxyl groups is 2. The average molecular weight is 763 g/mol. The third-order valence-corrected chi connectivity index (χ3v) is 10.5. The van der Waals surface area contributed by atoms with Gasteiger partial charge in [0.1, 0.15) is 11.5 Å². The van der Waals surface area contributed by atoms with Crippen molar-refractivity contribution in [3.63, 3.8) is 0 Å². The van der Waals surface area contributed by atoms with Crippen molar-refractivity contribution < 1.29 is 29.3 Å². The average Bonchev–Trinajstić information content (AvgIpc) is 3.10. The van der Waals surface area contributed by atoms with E-state index in [1.54, 1.807) is 0 Å². The minimum atomic E-state index is -0.571. The zero-order valence-corrected chi connectivity index (χ0v) is 36.0. The van der Waals surface area contributed by atoms with Gasteiger partial charge in [-0.25, -0.2) is 0 Å². The van der Waals surface area contributed by atoms with E-state index in [4.69, 9.17) is 9.47 Å². The Kier molecular flexibility index (Phi) is 13.9. The number of ether oxygens (including phenoxy) is 2. The lowest BCUT2D eigenvalue weighted by Crippen LogP contribution is -2.23.